The molecular weight excluding hydrogens is 336 g/mol. The van der Waals surface area contributed by atoms with E-state index in [2.05, 4.69) is 11.4 Å². The van der Waals surface area contributed by atoms with E-state index in [-0.39, 0.29) is 18.5 Å². The number of nitrogens with zero attached hydrogens (tertiary/aromatic N) is 1. The number of fused-ring (bicyclic) bond motifs is 3. The van der Waals surface area contributed by atoms with Crippen molar-refractivity contribution in [1.29, 1.82) is 0 Å². The molecule has 1 atom stereocenters. The topological polar surface area (TPSA) is 49.4 Å². The Balaban J connectivity index is 1.54. The lowest BCUT2D eigenvalue weighted by atomic mass is 9.76. The van der Waals surface area contributed by atoms with Crippen LogP contribution >= 0.6 is 0 Å². The molecule has 0 saturated carbocycles. The first-order valence-corrected chi connectivity index (χ1v) is 9.38. The van der Waals surface area contributed by atoms with Gasteiger partial charge in [-0.2, -0.15) is 0 Å². The van der Waals surface area contributed by atoms with E-state index >= 15 is 0 Å². The van der Waals surface area contributed by atoms with Gasteiger partial charge in [-0.15, -0.1) is 0 Å². The van der Waals surface area contributed by atoms with Gasteiger partial charge in [0.1, 0.15) is 5.54 Å². The maximum absolute atomic E-state index is 13.4. The molecule has 1 saturated heterocycles. The van der Waals surface area contributed by atoms with Crippen LogP contribution in [0.25, 0.3) is 10.8 Å². The number of carbonyl (C=O) groups excluding carboxylic acids is 2. The molecule has 1 heterocycles. The molecule has 134 valence electrons. The lowest BCUT2D eigenvalue weighted by molar-refractivity contribution is -0.132. The van der Waals surface area contributed by atoms with Crippen LogP contribution in [0.4, 0.5) is 4.79 Å². The van der Waals surface area contributed by atoms with Crippen molar-refractivity contribution in [3.63, 3.8) is 0 Å². The van der Waals surface area contributed by atoms with Crippen molar-refractivity contribution in [2.75, 3.05) is 0 Å². The molecule has 0 radical (unpaired) electrons. The molecule has 0 bridgehead atoms. The van der Waals surface area contributed by atoms with Crippen molar-refractivity contribution in [3.05, 3.63) is 83.4 Å². The molecule has 2 aliphatic rings. The van der Waals surface area contributed by atoms with E-state index < -0.39 is 5.54 Å². The quantitative estimate of drug-likeness (QED) is 0.702. The molecule has 0 unspecified atom stereocenters. The molecule has 27 heavy (non-hydrogen) atoms. The van der Waals surface area contributed by atoms with Gasteiger partial charge in [0.25, 0.3) is 5.91 Å². The van der Waals surface area contributed by atoms with Gasteiger partial charge in [0.05, 0.1) is 6.54 Å². The van der Waals surface area contributed by atoms with E-state index in [0.717, 1.165) is 40.3 Å². The van der Waals surface area contributed by atoms with Crippen LogP contribution in [0.5, 0.6) is 0 Å². The molecule has 3 amide bonds. The highest BCUT2D eigenvalue weighted by molar-refractivity contribution is 6.08. The summed E-state index contributed by atoms with van der Waals surface area (Å²) < 4.78 is 0. The number of imide groups is 1. The molecule has 3 aromatic rings. The number of hydrogen-bond acceptors (Lipinski definition) is 2. The Hall–Kier alpha value is -3.14. The van der Waals surface area contributed by atoms with Gasteiger partial charge in [-0.3, -0.25) is 9.69 Å². The standard InChI is InChI=1S/C23H20N2O2/c26-21-23(14-6-11-17-8-2-4-13-20(17)23)24-22(27)25(21)15-18-10-5-9-16-7-1-3-12-19(16)18/h1-5,7-10,12-13H,6,11,14-15H2,(H,24,27)/t23-/m1/s1. The first-order valence-electron chi connectivity index (χ1n) is 9.38. The Labute approximate surface area is 157 Å². The summed E-state index contributed by atoms with van der Waals surface area (Å²) >= 11 is 0. The Morgan fingerprint density at radius 2 is 1.70 bits per heavy atom. The number of urea groups is 1. The molecule has 4 heteroatoms. The highest BCUT2D eigenvalue weighted by Crippen LogP contribution is 2.40. The van der Waals surface area contributed by atoms with Gasteiger partial charge in [0.2, 0.25) is 0 Å². The fourth-order valence-electron chi connectivity index (χ4n) is 4.56. The Kier molecular flexibility index (Phi) is 3.54. The molecule has 1 N–H and O–H groups in total. The van der Waals surface area contributed by atoms with Crippen LogP contribution in [0.3, 0.4) is 0 Å². The molecular formula is C23H20N2O2. The summed E-state index contributed by atoms with van der Waals surface area (Å²) in [6, 6.07) is 21.7. The van der Waals surface area contributed by atoms with E-state index in [1.54, 1.807) is 0 Å². The van der Waals surface area contributed by atoms with E-state index in [0.29, 0.717) is 6.42 Å². The zero-order valence-corrected chi connectivity index (χ0v) is 14.9. The smallest absolute Gasteiger partial charge is 0.319 e. The second-order valence-electron chi connectivity index (χ2n) is 7.38. The zero-order chi connectivity index (χ0) is 18.4. The van der Waals surface area contributed by atoms with Crippen molar-refractivity contribution in [2.24, 2.45) is 0 Å². The number of hydrogen-bond donors (Lipinski definition) is 1. The number of aryl methyl sites for hydroxylation is 1. The van der Waals surface area contributed by atoms with Gasteiger partial charge in [0, 0.05) is 0 Å². The molecule has 1 spiro atoms. The van der Waals surface area contributed by atoms with Gasteiger partial charge in [-0.25, -0.2) is 4.79 Å². The fraction of sp³-hybridized carbons (Fsp3) is 0.217. The molecule has 1 fully saturated rings. The summed E-state index contributed by atoms with van der Waals surface area (Å²) in [6.07, 6.45) is 2.50. The molecule has 5 rings (SSSR count). The third-order valence-electron chi connectivity index (χ3n) is 5.86. The van der Waals surface area contributed by atoms with Crippen molar-refractivity contribution in [3.8, 4) is 0 Å². The van der Waals surface area contributed by atoms with Gasteiger partial charge in [0.15, 0.2) is 0 Å². The first kappa shape index (κ1) is 16.1. The number of benzene rings is 3. The first-order chi connectivity index (χ1) is 13.2. The lowest BCUT2D eigenvalue weighted by Crippen LogP contribution is -2.46. The van der Waals surface area contributed by atoms with Crippen molar-refractivity contribution >= 4 is 22.7 Å². The summed E-state index contributed by atoms with van der Waals surface area (Å²) in [6.45, 7) is 0.288. The van der Waals surface area contributed by atoms with Crippen LogP contribution in [0.1, 0.15) is 29.5 Å². The zero-order valence-electron chi connectivity index (χ0n) is 14.9. The lowest BCUT2D eigenvalue weighted by Gasteiger charge is -2.33. The third-order valence-corrected chi connectivity index (χ3v) is 5.86. The molecule has 3 aromatic carbocycles. The van der Waals surface area contributed by atoms with Gasteiger partial charge < -0.3 is 5.32 Å². The predicted molar refractivity (Wildman–Crippen MR) is 104 cm³/mol. The fourth-order valence-corrected chi connectivity index (χ4v) is 4.56. The van der Waals surface area contributed by atoms with Gasteiger partial charge in [-0.1, -0.05) is 66.7 Å². The number of rotatable bonds is 2. The largest absolute Gasteiger partial charge is 0.325 e. The van der Waals surface area contributed by atoms with Crippen LogP contribution < -0.4 is 5.32 Å². The van der Waals surface area contributed by atoms with Crippen LogP contribution in [0.15, 0.2) is 66.7 Å². The summed E-state index contributed by atoms with van der Waals surface area (Å²) in [5, 5.41) is 5.22. The summed E-state index contributed by atoms with van der Waals surface area (Å²) in [7, 11) is 0. The summed E-state index contributed by atoms with van der Waals surface area (Å²) in [5.74, 6) is -0.132. The normalized spacial score (nSPS) is 21.6. The SMILES string of the molecule is O=C1N[C@@]2(CCCc3ccccc32)C(=O)N1Cc1cccc2ccccc12. The maximum Gasteiger partial charge on any atom is 0.325 e. The second-order valence-corrected chi connectivity index (χ2v) is 7.38. The summed E-state index contributed by atoms with van der Waals surface area (Å²) in [5.41, 5.74) is 2.19. The van der Waals surface area contributed by atoms with Crippen LogP contribution in [-0.2, 0) is 23.3 Å². The monoisotopic (exact) mass is 356 g/mol. The molecule has 1 aliphatic heterocycles. The Morgan fingerprint density at radius 1 is 0.926 bits per heavy atom. The van der Waals surface area contributed by atoms with Gasteiger partial charge >= 0.3 is 6.03 Å². The minimum atomic E-state index is -0.906. The van der Waals surface area contributed by atoms with Gasteiger partial charge in [-0.05, 0) is 46.7 Å². The third kappa shape index (κ3) is 2.36. The predicted octanol–water partition coefficient (Wildman–Crippen LogP) is 4.12. The number of carbonyl (C=O) groups is 2. The molecule has 1 aliphatic carbocycles. The van der Waals surface area contributed by atoms with Crippen LogP contribution in [0, 0.1) is 0 Å². The van der Waals surface area contributed by atoms with Crippen molar-refractivity contribution < 1.29 is 9.59 Å². The van der Waals surface area contributed by atoms with E-state index in [4.69, 9.17) is 0 Å². The second kappa shape index (κ2) is 5.95. The maximum atomic E-state index is 13.4. The highest BCUT2D eigenvalue weighted by atomic mass is 16.2. The molecule has 0 aromatic heterocycles. The highest BCUT2D eigenvalue weighted by Gasteiger charge is 2.53. The summed E-state index contributed by atoms with van der Waals surface area (Å²) in [4.78, 5) is 27.6. The van der Waals surface area contributed by atoms with E-state index in [9.17, 15) is 9.59 Å². The molecule has 4 nitrogen and oxygen atoms in total. The Morgan fingerprint density at radius 3 is 2.63 bits per heavy atom. The van der Waals surface area contributed by atoms with Crippen molar-refractivity contribution in [2.45, 2.75) is 31.3 Å². The number of nitrogens with one attached hydrogen (secondary N) is 1. The Bertz CT molecular complexity index is 1070. The van der Waals surface area contributed by atoms with E-state index in [1.165, 1.54) is 4.90 Å². The minimum absolute atomic E-state index is 0.132. The van der Waals surface area contributed by atoms with Crippen LogP contribution in [-0.4, -0.2) is 16.8 Å². The minimum Gasteiger partial charge on any atom is -0.319 e. The number of amides is 3. The van der Waals surface area contributed by atoms with Crippen LogP contribution in [0.2, 0.25) is 0 Å². The average molecular weight is 356 g/mol. The van der Waals surface area contributed by atoms with E-state index in [1.807, 2.05) is 60.7 Å². The van der Waals surface area contributed by atoms with Crippen molar-refractivity contribution in [1.82, 2.24) is 10.2 Å². The average Bonchev–Trinajstić information content (AvgIpc) is 2.93.